The van der Waals surface area contributed by atoms with Crippen LogP contribution in [0.4, 0.5) is 0 Å². The Morgan fingerprint density at radius 2 is 0.433 bits per heavy atom. The molecule has 4 aliphatic carbocycles. The van der Waals surface area contributed by atoms with Crippen LogP contribution in [-0.2, 0) is 20.5 Å². The molecule has 0 aromatic heterocycles. The molecule has 0 bridgehead atoms. The van der Waals surface area contributed by atoms with E-state index in [1.54, 1.807) is 313 Å². The smallest absolute Gasteiger partial charge is 0.163 e. The molecule has 0 N–H and O–H groups in total. The number of rotatable bonds is 2. The Morgan fingerprint density at radius 1 is 0.269 bits per heavy atom. The van der Waals surface area contributed by atoms with E-state index < -0.39 is 11.0 Å². The first-order valence-electron chi connectivity index (χ1n) is 25.3. The highest BCUT2D eigenvalue weighted by atomic mass is 16.7. The highest BCUT2D eigenvalue weighted by molar-refractivity contribution is 6.82. The first kappa shape index (κ1) is 24.8. The average Bonchev–Trinajstić information content (AvgIpc) is 4.18. The number of hydrogen-bond acceptors (Lipinski definition) is 2. The van der Waals surface area contributed by atoms with Crippen LogP contribution in [0.15, 0.2) is 0 Å². The van der Waals surface area contributed by atoms with Gasteiger partial charge in [-0.2, -0.15) is 0 Å². The second-order valence-electron chi connectivity index (χ2n) is 25.0. The first-order valence-corrected chi connectivity index (χ1v) is 25.3. The van der Waals surface area contributed by atoms with Crippen molar-refractivity contribution in [3.63, 3.8) is 0 Å². The van der Waals surface area contributed by atoms with Crippen molar-refractivity contribution in [1.82, 2.24) is 0 Å². The predicted octanol–water partition coefficient (Wildman–Crippen LogP) is 17.3. The Hall–Kier alpha value is -7.62. The fourth-order valence-corrected chi connectivity index (χ4v) is 25.3. The lowest BCUT2D eigenvalue weighted by Gasteiger charge is -2.50. The van der Waals surface area contributed by atoms with Gasteiger partial charge in [-0.1, -0.05) is 6.92 Å². The molecule has 67 heavy (non-hydrogen) atoms. The van der Waals surface area contributed by atoms with Gasteiger partial charge in [0.15, 0.2) is 6.29 Å². The van der Waals surface area contributed by atoms with Gasteiger partial charge in [-0.3, -0.25) is 0 Å². The van der Waals surface area contributed by atoms with E-state index in [1.165, 1.54) is 0 Å². The molecule has 1 heterocycles. The molecule has 1 saturated heterocycles. The van der Waals surface area contributed by atoms with Crippen LogP contribution in [0.25, 0.3) is 291 Å². The van der Waals surface area contributed by atoms with Crippen LogP contribution in [0.3, 0.4) is 0 Å². The predicted molar refractivity (Wildman–Crippen MR) is 280 cm³/mol. The zero-order chi connectivity index (χ0) is 39.8. The summed E-state index contributed by atoms with van der Waals surface area (Å²) in [6.07, 6.45) is 0.696. The highest BCUT2D eigenvalue weighted by Gasteiger charge is 2.77. The molecule has 0 saturated carbocycles. The molecule has 5 aliphatic rings. The van der Waals surface area contributed by atoms with Crippen LogP contribution in [0.1, 0.15) is 35.6 Å². The van der Waals surface area contributed by atoms with E-state index in [9.17, 15) is 0 Å². The lowest BCUT2D eigenvalue weighted by Crippen LogP contribution is -2.52. The summed E-state index contributed by atoms with van der Waals surface area (Å²) in [7, 11) is 1.98. The van der Waals surface area contributed by atoms with Gasteiger partial charge in [-0.05, 0) is 308 Å². The molecule has 1 aliphatic heterocycles. The van der Waals surface area contributed by atoms with Crippen molar-refractivity contribution < 1.29 is 9.47 Å². The number of methoxy groups -OCH3 is 1. The summed E-state index contributed by atoms with van der Waals surface area (Å²) < 4.78 is 15.4. The Kier molecular flexibility index (Phi) is 2.02. The molecule has 33 rings (SSSR count). The fourth-order valence-electron chi connectivity index (χ4n) is 25.3. The summed E-state index contributed by atoms with van der Waals surface area (Å²) >= 11 is 0. The van der Waals surface area contributed by atoms with E-state index in [4.69, 9.17) is 9.47 Å². The van der Waals surface area contributed by atoms with Crippen molar-refractivity contribution in [2.24, 2.45) is 5.92 Å². The molecule has 28 aromatic rings. The summed E-state index contributed by atoms with van der Waals surface area (Å²) in [4.78, 5) is 0. The normalized spacial score (nSPS) is 25.3. The summed E-state index contributed by atoms with van der Waals surface area (Å²) in [6, 6.07) is 0. The van der Waals surface area contributed by atoms with Crippen LogP contribution < -0.4 is 0 Å². The van der Waals surface area contributed by atoms with E-state index >= 15 is 0 Å². The molecule has 282 valence electrons. The third-order valence-electron chi connectivity index (χ3n) is 25.1. The molecule has 2 atom stereocenters. The second-order valence-corrected chi connectivity index (χ2v) is 25.0. The molecule has 2 heteroatoms. The van der Waals surface area contributed by atoms with Gasteiger partial charge in [0.05, 0.1) is 5.41 Å². The zero-order valence-electron chi connectivity index (χ0n) is 34.7. The number of hydrogen-bond donors (Lipinski definition) is 0. The van der Waals surface area contributed by atoms with Crippen molar-refractivity contribution in [1.29, 1.82) is 0 Å². The molecule has 2 nitrogen and oxygen atoms in total. The topological polar surface area (TPSA) is 18.5 Å². The highest BCUT2D eigenvalue weighted by Crippen LogP contribution is 2.86. The Bertz CT molecular complexity index is 6860. The summed E-state index contributed by atoms with van der Waals surface area (Å²) in [5.41, 5.74) is 5.40. The molecule has 1 fully saturated rings. The standard InChI is InChI=1S/C65H10O2/c1-3-4-63(66-2)67-65-61-55-49-39-27-19-11-7-5-6-9-13(11)21(27)31-25-17(9)18-10(6)14-12-8(5)16-15(7)23-29(19)37-43-33(23)34-24(16)30-20(12)28-22(14)32-26(18)36-35(25)47(41(31)49)57(61)58-48(36)42(32)50-40(28)46-38(30)44(34)52-51(43)59(53(55)45(37)39)64(4,65)60(52)54(46)56(50)62(58)65/h4,63H,3H2,1-2H3/t4-,63+,64?,65?/m0/s1. The Labute approximate surface area is 364 Å². The van der Waals surface area contributed by atoms with E-state index in [-0.39, 0.29) is 12.2 Å². The maximum absolute atomic E-state index is 8.48. The van der Waals surface area contributed by atoms with Gasteiger partial charge in [0.1, 0.15) is 5.60 Å². The van der Waals surface area contributed by atoms with Crippen LogP contribution in [0.5, 0.6) is 0 Å². The third-order valence-corrected chi connectivity index (χ3v) is 25.1. The van der Waals surface area contributed by atoms with Crippen LogP contribution in [-0.4, -0.2) is 13.4 Å². The van der Waals surface area contributed by atoms with Gasteiger partial charge in [0.25, 0.3) is 0 Å². The SMILES string of the molecule is CC[C@H]1[C@H](OC)OC23c4c5c6c7c8c9c(c%10c%11c2c2c4c4c%12c5c5c6c6c8c8c%13c9c9c%10c%10c%11c%11c2c2c4c4c%12c%12c5c5c6c8c6c8c%13c9c9c%10c%10c%11c2c2c4c4c%12c5c6c5c8c9c%10c2c45)C713. The van der Waals surface area contributed by atoms with E-state index in [0.29, 0.717) is 0 Å². The first-order chi connectivity index (χ1) is 33.4. The molecule has 0 amide bonds. The van der Waals surface area contributed by atoms with Gasteiger partial charge in [0.2, 0.25) is 0 Å². The van der Waals surface area contributed by atoms with Gasteiger partial charge in [-0.25, -0.2) is 0 Å². The average molecular weight is 823 g/mol. The van der Waals surface area contributed by atoms with Crippen molar-refractivity contribution >= 4 is 291 Å². The summed E-state index contributed by atoms with van der Waals surface area (Å²) in [5, 5.41) is 88.2. The summed E-state index contributed by atoms with van der Waals surface area (Å²) in [6.45, 7) is 2.49. The number of ether oxygens (including phenoxy) is 2. The minimum Gasteiger partial charge on any atom is -0.355 e. The van der Waals surface area contributed by atoms with Crippen LogP contribution in [0, 0.1) is 5.92 Å². The minimum absolute atomic E-state index is 0.160. The van der Waals surface area contributed by atoms with E-state index in [2.05, 4.69) is 6.92 Å². The van der Waals surface area contributed by atoms with Crippen molar-refractivity contribution in [3.8, 4) is 0 Å². The lowest BCUT2D eigenvalue weighted by atomic mass is 9.51. The van der Waals surface area contributed by atoms with Crippen molar-refractivity contribution in [2.75, 3.05) is 7.11 Å². The molecular weight excluding hydrogens is 813 g/mol. The molecule has 28 aromatic carbocycles. The van der Waals surface area contributed by atoms with Gasteiger partial charge >= 0.3 is 0 Å². The van der Waals surface area contributed by atoms with Crippen LogP contribution in [0.2, 0.25) is 0 Å². The summed E-state index contributed by atoms with van der Waals surface area (Å²) in [5.74, 6) is 0.160. The maximum atomic E-state index is 8.48. The van der Waals surface area contributed by atoms with E-state index in [0.717, 1.165) is 6.42 Å². The number of benzene rings is 18. The maximum Gasteiger partial charge on any atom is 0.163 e. The van der Waals surface area contributed by atoms with Gasteiger partial charge < -0.3 is 9.47 Å². The van der Waals surface area contributed by atoms with Crippen LogP contribution >= 0.6 is 0 Å². The second kappa shape index (κ2) is 5.47. The Morgan fingerprint density at radius 3 is 0.597 bits per heavy atom. The molecule has 0 radical (unpaired) electrons. The molecular formula is C65H10O2. The van der Waals surface area contributed by atoms with Crippen molar-refractivity contribution in [3.05, 3.63) is 22.3 Å². The van der Waals surface area contributed by atoms with E-state index in [1.807, 2.05) is 7.11 Å². The lowest BCUT2D eigenvalue weighted by molar-refractivity contribution is -0.156. The monoisotopic (exact) mass is 822 g/mol. The third kappa shape index (κ3) is 1.26. The molecule has 0 unspecified atom stereocenters. The fraction of sp³-hybridized carbons (Fsp3) is 0.108. The van der Waals surface area contributed by atoms with Gasteiger partial charge in [0, 0.05) is 24.2 Å². The zero-order valence-corrected chi connectivity index (χ0v) is 34.7. The van der Waals surface area contributed by atoms with Crippen molar-refractivity contribution in [2.45, 2.75) is 30.7 Å². The minimum atomic E-state index is -0.681. The molecule has 2 spiro atoms. The Balaban J connectivity index is 1.25. The van der Waals surface area contributed by atoms with Gasteiger partial charge in [-0.15, -0.1) is 0 Å². The quantitative estimate of drug-likeness (QED) is 0.162. The largest absolute Gasteiger partial charge is 0.355 e.